The minimum Gasteiger partial charge on any atom is -0.397 e. The van der Waals surface area contributed by atoms with Crippen LogP contribution in [0.3, 0.4) is 0 Å². The van der Waals surface area contributed by atoms with Gasteiger partial charge in [0.2, 0.25) is 0 Å². The Bertz CT molecular complexity index is 339. The third-order valence-electron chi connectivity index (χ3n) is 2.91. The summed E-state index contributed by atoms with van der Waals surface area (Å²) in [5.41, 5.74) is 7.89. The van der Waals surface area contributed by atoms with Gasteiger partial charge in [-0.25, -0.2) is 0 Å². The quantitative estimate of drug-likeness (QED) is 0.429. The molecule has 0 radical (unpaired) electrons. The normalized spacial score (nSPS) is 12.4. The second kappa shape index (κ2) is 7.80. The first-order valence-corrected chi connectivity index (χ1v) is 7.53. The second-order valence-corrected chi connectivity index (χ2v) is 5.87. The zero-order valence-corrected chi connectivity index (χ0v) is 13.0. The van der Waals surface area contributed by atoms with Gasteiger partial charge < -0.3 is 11.1 Å². The Morgan fingerprint density at radius 2 is 2.06 bits per heavy atom. The first-order valence-electron chi connectivity index (χ1n) is 6.45. The van der Waals surface area contributed by atoms with E-state index in [2.05, 4.69) is 53.9 Å². The van der Waals surface area contributed by atoms with Gasteiger partial charge in [0.1, 0.15) is 0 Å². The summed E-state index contributed by atoms with van der Waals surface area (Å²) in [6, 6.07) is 6.66. The lowest BCUT2D eigenvalue weighted by atomic mass is 10.1. The Morgan fingerprint density at radius 3 is 2.71 bits per heavy atom. The van der Waals surface area contributed by atoms with Crippen molar-refractivity contribution in [3.05, 3.63) is 21.8 Å². The van der Waals surface area contributed by atoms with E-state index in [4.69, 9.17) is 5.73 Å². The average Bonchev–Trinajstić information content (AvgIpc) is 2.28. The first-order chi connectivity index (χ1) is 8.13. The highest BCUT2D eigenvalue weighted by Crippen LogP contribution is 2.22. The van der Waals surface area contributed by atoms with Gasteiger partial charge in [0.05, 0.1) is 11.4 Å². The number of nitrogens with two attached hydrogens (primary N) is 1. The monoisotopic (exact) mass is 346 g/mol. The summed E-state index contributed by atoms with van der Waals surface area (Å²) in [6.07, 6.45) is 6.49. The number of nitrogen functional groups attached to an aromatic ring is 1. The molecule has 0 aliphatic heterocycles. The summed E-state index contributed by atoms with van der Waals surface area (Å²) in [7, 11) is 0. The van der Waals surface area contributed by atoms with Crippen LogP contribution in [-0.2, 0) is 0 Å². The number of rotatable bonds is 7. The Kier molecular flexibility index (Phi) is 6.70. The summed E-state index contributed by atoms with van der Waals surface area (Å²) >= 11 is 2.28. The largest absolute Gasteiger partial charge is 0.397 e. The number of anilines is 2. The van der Waals surface area contributed by atoms with Crippen molar-refractivity contribution in [2.24, 2.45) is 0 Å². The summed E-state index contributed by atoms with van der Waals surface area (Å²) < 4.78 is 1.18. The number of unbranched alkanes of at least 4 members (excludes halogenated alkanes) is 3. The van der Waals surface area contributed by atoms with Gasteiger partial charge in [-0.2, -0.15) is 0 Å². The molecule has 0 aromatic heterocycles. The molecule has 0 aliphatic rings. The molecule has 3 heteroatoms. The van der Waals surface area contributed by atoms with Crippen molar-refractivity contribution in [3.8, 4) is 0 Å². The predicted molar refractivity (Wildman–Crippen MR) is 85.4 cm³/mol. The Balaban J connectivity index is 2.37. The maximum atomic E-state index is 5.98. The van der Waals surface area contributed by atoms with Gasteiger partial charge in [-0.3, -0.25) is 0 Å². The molecule has 1 aromatic rings. The third-order valence-corrected chi connectivity index (χ3v) is 3.58. The van der Waals surface area contributed by atoms with Crippen molar-refractivity contribution in [3.63, 3.8) is 0 Å². The van der Waals surface area contributed by atoms with Crippen molar-refractivity contribution >= 4 is 34.0 Å². The van der Waals surface area contributed by atoms with E-state index in [0.717, 1.165) is 11.4 Å². The van der Waals surface area contributed by atoms with E-state index in [-0.39, 0.29) is 0 Å². The molecule has 0 fully saturated rings. The van der Waals surface area contributed by atoms with E-state index in [1.165, 1.54) is 35.7 Å². The molecule has 0 bridgehead atoms. The van der Waals surface area contributed by atoms with Crippen molar-refractivity contribution in [2.75, 3.05) is 11.1 Å². The van der Waals surface area contributed by atoms with Crippen LogP contribution in [0.25, 0.3) is 0 Å². The van der Waals surface area contributed by atoms with Gasteiger partial charge >= 0.3 is 0 Å². The average molecular weight is 346 g/mol. The molecule has 1 aromatic carbocycles. The van der Waals surface area contributed by atoms with Crippen LogP contribution in [0.5, 0.6) is 0 Å². The van der Waals surface area contributed by atoms with Crippen LogP contribution >= 0.6 is 22.6 Å². The third kappa shape index (κ3) is 5.61. The van der Waals surface area contributed by atoms with Crippen molar-refractivity contribution < 1.29 is 0 Å². The van der Waals surface area contributed by atoms with Gasteiger partial charge in [-0.05, 0) is 54.1 Å². The molecule has 17 heavy (non-hydrogen) atoms. The van der Waals surface area contributed by atoms with E-state index < -0.39 is 0 Å². The summed E-state index contributed by atoms with van der Waals surface area (Å²) in [4.78, 5) is 0. The van der Waals surface area contributed by atoms with Gasteiger partial charge in [0.15, 0.2) is 0 Å². The van der Waals surface area contributed by atoms with E-state index in [9.17, 15) is 0 Å². The highest BCUT2D eigenvalue weighted by Gasteiger charge is 2.04. The van der Waals surface area contributed by atoms with Crippen LogP contribution in [-0.4, -0.2) is 6.04 Å². The van der Waals surface area contributed by atoms with E-state index in [1.54, 1.807) is 0 Å². The lowest BCUT2D eigenvalue weighted by Crippen LogP contribution is -2.16. The van der Waals surface area contributed by atoms with Gasteiger partial charge in [0, 0.05) is 9.61 Å². The molecule has 2 nitrogen and oxygen atoms in total. The highest BCUT2D eigenvalue weighted by atomic mass is 127. The standard InChI is InChI=1S/C14H23IN2/c1-3-4-5-6-7-11(2)17-14-9-8-12(15)10-13(14)16/h8-11,17H,3-7,16H2,1-2H3. The minimum atomic E-state index is 0.495. The number of benzene rings is 1. The smallest absolute Gasteiger partial charge is 0.0576 e. The zero-order chi connectivity index (χ0) is 12.7. The fraction of sp³-hybridized carbons (Fsp3) is 0.571. The topological polar surface area (TPSA) is 38.0 Å². The molecule has 0 spiro atoms. The molecule has 0 aliphatic carbocycles. The van der Waals surface area contributed by atoms with Crippen LogP contribution in [0.1, 0.15) is 46.0 Å². The van der Waals surface area contributed by atoms with Crippen molar-refractivity contribution in [1.29, 1.82) is 0 Å². The fourth-order valence-electron chi connectivity index (χ4n) is 1.88. The van der Waals surface area contributed by atoms with Gasteiger partial charge in [-0.15, -0.1) is 0 Å². The maximum Gasteiger partial charge on any atom is 0.0576 e. The zero-order valence-electron chi connectivity index (χ0n) is 10.8. The second-order valence-electron chi connectivity index (χ2n) is 4.63. The van der Waals surface area contributed by atoms with E-state index in [0.29, 0.717) is 6.04 Å². The predicted octanol–water partition coefficient (Wildman–Crippen LogP) is 4.64. The van der Waals surface area contributed by atoms with Gasteiger partial charge in [0.25, 0.3) is 0 Å². The summed E-state index contributed by atoms with van der Waals surface area (Å²) in [6.45, 7) is 4.47. The van der Waals surface area contributed by atoms with Crippen LogP contribution in [0, 0.1) is 3.57 Å². The summed E-state index contributed by atoms with van der Waals surface area (Å²) in [5, 5.41) is 3.49. The SMILES string of the molecule is CCCCCCC(C)Nc1ccc(I)cc1N. The molecule has 0 amide bonds. The molecular weight excluding hydrogens is 323 g/mol. The molecule has 0 heterocycles. The molecule has 1 rings (SSSR count). The van der Waals surface area contributed by atoms with Crippen LogP contribution in [0.2, 0.25) is 0 Å². The lowest BCUT2D eigenvalue weighted by molar-refractivity contribution is 0.594. The molecule has 3 N–H and O–H groups in total. The van der Waals surface area contributed by atoms with E-state index in [1.807, 2.05) is 6.07 Å². The van der Waals surface area contributed by atoms with Crippen LogP contribution < -0.4 is 11.1 Å². The number of halogens is 1. The molecule has 0 saturated heterocycles. The van der Waals surface area contributed by atoms with Crippen molar-refractivity contribution in [2.45, 2.75) is 52.0 Å². The molecule has 1 unspecified atom stereocenters. The highest BCUT2D eigenvalue weighted by molar-refractivity contribution is 14.1. The maximum absolute atomic E-state index is 5.98. The Morgan fingerprint density at radius 1 is 1.29 bits per heavy atom. The number of hydrogen-bond acceptors (Lipinski definition) is 2. The summed E-state index contributed by atoms with van der Waals surface area (Å²) in [5.74, 6) is 0. The lowest BCUT2D eigenvalue weighted by Gasteiger charge is -2.16. The molecule has 0 saturated carbocycles. The Labute approximate surface area is 119 Å². The van der Waals surface area contributed by atoms with Crippen LogP contribution in [0.15, 0.2) is 18.2 Å². The van der Waals surface area contributed by atoms with Crippen LogP contribution in [0.4, 0.5) is 11.4 Å². The van der Waals surface area contributed by atoms with Gasteiger partial charge in [-0.1, -0.05) is 32.6 Å². The minimum absolute atomic E-state index is 0.495. The van der Waals surface area contributed by atoms with E-state index >= 15 is 0 Å². The molecular formula is C14H23IN2. The number of hydrogen-bond donors (Lipinski definition) is 2. The fourth-order valence-corrected chi connectivity index (χ4v) is 2.40. The Hall–Kier alpha value is -0.450. The number of nitrogens with one attached hydrogen (secondary N) is 1. The molecule has 1 atom stereocenters. The first kappa shape index (κ1) is 14.6. The van der Waals surface area contributed by atoms with Crippen molar-refractivity contribution in [1.82, 2.24) is 0 Å². The molecule has 96 valence electrons.